The second-order valence-corrected chi connectivity index (χ2v) is 3.12. The van der Waals surface area contributed by atoms with Gasteiger partial charge in [0.25, 0.3) is 0 Å². The van der Waals surface area contributed by atoms with E-state index in [0.29, 0.717) is 5.52 Å². The lowest BCUT2D eigenvalue weighted by molar-refractivity contribution is 0.0553. The normalized spacial score (nSPS) is 10.2. The first-order valence-corrected chi connectivity index (χ1v) is 4.68. The molecule has 88 valence electrons. The van der Waals surface area contributed by atoms with E-state index < -0.39 is 11.9 Å². The Morgan fingerprint density at radius 3 is 2.59 bits per heavy atom. The van der Waals surface area contributed by atoms with Gasteiger partial charge >= 0.3 is 11.9 Å². The highest BCUT2D eigenvalue weighted by Gasteiger charge is 2.25. The third-order valence-electron chi connectivity index (χ3n) is 2.21. The van der Waals surface area contributed by atoms with Crippen LogP contribution in [0.3, 0.4) is 0 Å². The fourth-order valence-electron chi connectivity index (χ4n) is 1.45. The number of rotatable bonds is 2. The summed E-state index contributed by atoms with van der Waals surface area (Å²) in [4.78, 5) is 27.0. The zero-order valence-corrected chi connectivity index (χ0v) is 9.21. The fraction of sp³-hybridized carbons (Fsp3) is 0.200. The topological polar surface area (TPSA) is 82.8 Å². The van der Waals surface area contributed by atoms with Crippen molar-refractivity contribution in [3.05, 3.63) is 29.8 Å². The van der Waals surface area contributed by atoms with Crippen molar-refractivity contribution in [2.45, 2.75) is 0 Å². The molecule has 7 nitrogen and oxygen atoms in total. The molecule has 0 atom stereocenters. The highest BCUT2D eigenvalue weighted by atomic mass is 16.5. The van der Waals surface area contributed by atoms with E-state index in [1.807, 2.05) is 0 Å². The number of nitrogens with zero attached hydrogens (tertiary/aromatic N) is 3. The minimum Gasteiger partial charge on any atom is -0.465 e. The van der Waals surface area contributed by atoms with Crippen LogP contribution >= 0.6 is 0 Å². The number of fused-ring (bicyclic) bond motifs is 1. The molecule has 0 bridgehead atoms. The molecule has 0 unspecified atom stereocenters. The van der Waals surface area contributed by atoms with Gasteiger partial charge in [-0.25, -0.2) is 19.1 Å². The molecule has 0 fully saturated rings. The molecule has 2 aromatic heterocycles. The first-order valence-electron chi connectivity index (χ1n) is 4.68. The van der Waals surface area contributed by atoms with E-state index in [-0.39, 0.29) is 11.3 Å². The van der Waals surface area contributed by atoms with Gasteiger partial charge in [0.2, 0.25) is 0 Å². The molecule has 0 saturated heterocycles. The minimum absolute atomic E-state index is 0.0711. The van der Waals surface area contributed by atoms with Gasteiger partial charge in [0.1, 0.15) is 11.9 Å². The molecule has 0 amide bonds. The molecule has 2 heterocycles. The number of hydrogen-bond donors (Lipinski definition) is 0. The van der Waals surface area contributed by atoms with Gasteiger partial charge in [-0.05, 0) is 6.07 Å². The van der Waals surface area contributed by atoms with Crippen molar-refractivity contribution in [1.82, 2.24) is 14.6 Å². The Morgan fingerprint density at radius 1 is 1.24 bits per heavy atom. The van der Waals surface area contributed by atoms with E-state index in [2.05, 4.69) is 19.6 Å². The summed E-state index contributed by atoms with van der Waals surface area (Å²) in [6, 6.07) is 1.56. The van der Waals surface area contributed by atoms with Gasteiger partial charge in [-0.2, -0.15) is 5.10 Å². The Morgan fingerprint density at radius 2 is 1.94 bits per heavy atom. The number of carbonyl (C=O) groups excluding carboxylic acids is 2. The lowest BCUT2D eigenvalue weighted by Gasteiger charge is -1.99. The van der Waals surface area contributed by atoms with Crippen LogP contribution in [-0.2, 0) is 9.47 Å². The Kier molecular flexibility index (Phi) is 2.73. The molecule has 0 saturated carbocycles. The first kappa shape index (κ1) is 11.1. The predicted molar refractivity (Wildman–Crippen MR) is 55.7 cm³/mol. The number of aromatic nitrogens is 3. The summed E-state index contributed by atoms with van der Waals surface area (Å²) in [6.07, 6.45) is 2.87. The van der Waals surface area contributed by atoms with Crippen molar-refractivity contribution in [3.63, 3.8) is 0 Å². The van der Waals surface area contributed by atoms with Crippen LogP contribution < -0.4 is 0 Å². The average Bonchev–Trinajstić information content (AvgIpc) is 2.76. The van der Waals surface area contributed by atoms with Gasteiger partial charge in [-0.15, -0.1) is 0 Å². The number of esters is 2. The van der Waals surface area contributed by atoms with Crippen LogP contribution in [0.5, 0.6) is 0 Å². The van der Waals surface area contributed by atoms with Crippen LogP contribution in [0.2, 0.25) is 0 Å². The molecule has 0 N–H and O–H groups in total. The monoisotopic (exact) mass is 235 g/mol. The van der Waals surface area contributed by atoms with Crippen LogP contribution in [-0.4, -0.2) is 40.8 Å². The molecule has 17 heavy (non-hydrogen) atoms. The Hall–Kier alpha value is -2.44. The van der Waals surface area contributed by atoms with Crippen LogP contribution in [0.4, 0.5) is 0 Å². The zero-order valence-electron chi connectivity index (χ0n) is 9.21. The van der Waals surface area contributed by atoms with E-state index in [0.717, 1.165) is 0 Å². The van der Waals surface area contributed by atoms with Crippen molar-refractivity contribution >= 4 is 17.5 Å². The average molecular weight is 235 g/mol. The number of methoxy groups -OCH3 is 2. The van der Waals surface area contributed by atoms with Gasteiger partial charge in [-0.1, -0.05) is 0 Å². The molecular formula is C10H9N3O4. The van der Waals surface area contributed by atoms with E-state index in [1.54, 1.807) is 6.07 Å². The molecule has 2 rings (SSSR count). The van der Waals surface area contributed by atoms with E-state index >= 15 is 0 Å². The van der Waals surface area contributed by atoms with Crippen molar-refractivity contribution in [2.24, 2.45) is 0 Å². The molecule has 0 spiro atoms. The SMILES string of the molecule is COC(=O)c1nn2cnccc2c1C(=O)OC. The Labute approximate surface area is 96.0 Å². The smallest absolute Gasteiger partial charge is 0.359 e. The lowest BCUT2D eigenvalue weighted by atomic mass is 10.2. The van der Waals surface area contributed by atoms with Gasteiger partial charge in [0.05, 0.1) is 19.7 Å². The quantitative estimate of drug-likeness (QED) is 0.696. The number of ether oxygens (including phenoxy) is 2. The summed E-state index contributed by atoms with van der Waals surface area (Å²) in [5, 5.41) is 3.93. The van der Waals surface area contributed by atoms with Crippen molar-refractivity contribution < 1.29 is 19.1 Å². The molecule has 0 radical (unpaired) electrons. The van der Waals surface area contributed by atoms with E-state index in [9.17, 15) is 9.59 Å². The maximum atomic E-state index is 11.6. The third kappa shape index (κ3) is 1.71. The number of carbonyl (C=O) groups is 2. The highest BCUT2D eigenvalue weighted by molar-refractivity contribution is 6.06. The summed E-state index contributed by atoms with van der Waals surface area (Å²) in [6.45, 7) is 0. The van der Waals surface area contributed by atoms with Crippen molar-refractivity contribution in [1.29, 1.82) is 0 Å². The van der Waals surface area contributed by atoms with Gasteiger partial charge < -0.3 is 9.47 Å². The first-order chi connectivity index (χ1) is 8.19. The third-order valence-corrected chi connectivity index (χ3v) is 2.21. The molecule has 0 aliphatic heterocycles. The second-order valence-electron chi connectivity index (χ2n) is 3.12. The molecule has 7 heteroatoms. The molecule has 0 aliphatic rings. The molecule has 0 aromatic carbocycles. The van der Waals surface area contributed by atoms with Crippen LogP contribution in [0.1, 0.15) is 20.8 Å². The highest BCUT2D eigenvalue weighted by Crippen LogP contribution is 2.16. The van der Waals surface area contributed by atoms with Crippen LogP contribution in [0.15, 0.2) is 18.6 Å². The van der Waals surface area contributed by atoms with Crippen LogP contribution in [0.25, 0.3) is 5.52 Å². The van der Waals surface area contributed by atoms with E-state index in [4.69, 9.17) is 0 Å². The van der Waals surface area contributed by atoms with Gasteiger partial charge in [-0.3, -0.25) is 0 Å². The number of hydrogen-bond acceptors (Lipinski definition) is 6. The fourth-order valence-corrected chi connectivity index (χ4v) is 1.45. The second kappa shape index (κ2) is 4.20. The summed E-state index contributed by atoms with van der Waals surface area (Å²) < 4.78 is 10.5. The molecule has 0 aliphatic carbocycles. The van der Waals surface area contributed by atoms with Crippen molar-refractivity contribution in [2.75, 3.05) is 14.2 Å². The summed E-state index contributed by atoms with van der Waals surface area (Å²) in [5.74, 6) is -1.35. The maximum absolute atomic E-state index is 11.6. The Balaban J connectivity index is 2.73. The summed E-state index contributed by atoms with van der Waals surface area (Å²) >= 11 is 0. The van der Waals surface area contributed by atoms with Gasteiger partial charge in [0, 0.05) is 6.20 Å². The minimum atomic E-state index is -0.700. The summed E-state index contributed by atoms with van der Waals surface area (Å²) in [7, 11) is 2.44. The zero-order chi connectivity index (χ0) is 12.4. The lowest BCUT2D eigenvalue weighted by Crippen LogP contribution is -2.10. The standard InChI is InChI=1S/C10H9N3O4/c1-16-9(14)7-6-3-4-11-5-13(6)12-8(7)10(15)17-2/h3-5H,1-2H3. The largest absolute Gasteiger partial charge is 0.465 e. The predicted octanol–water partition coefficient (Wildman–Crippen LogP) is 0.302. The van der Waals surface area contributed by atoms with Gasteiger partial charge in [0.15, 0.2) is 5.69 Å². The van der Waals surface area contributed by atoms with E-state index in [1.165, 1.54) is 31.3 Å². The van der Waals surface area contributed by atoms with Crippen molar-refractivity contribution in [3.8, 4) is 0 Å². The molecule has 2 aromatic rings. The molecular weight excluding hydrogens is 226 g/mol. The maximum Gasteiger partial charge on any atom is 0.359 e. The van der Waals surface area contributed by atoms with Crippen LogP contribution in [0, 0.1) is 0 Å². The summed E-state index contributed by atoms with van der Waals surface area (Å²) in [5.41, 5.74) is 0.418. The Bertz CT molecular complexity index is 590.